The van der Waals surface area contributed by atoms with Gasteiger partial charge in [0.15, 0.2) is 0 Å². The fourth-order valence-corrected chi connectivity index (χ4v) is 2.12. The minimum Gasteiger partial charge on any atom is -0.366 e. The quantitative estimate of drug-likeness (QED) is 0.575. The zero-order valence-electron chi connectivity index (χ0n) is 8.55. The van der Waals surface area contributed by atoms with Crippen molar-refractivity contribution in [3.63, 3.8) is 0 Å². The highest BCUT2D eigenvalue weighted by molar-refractivity contribution is 7.10. The van der Waals surface area contributed by atoms with Gasteiger partial charge in [-0.1, -0.05) is 25.6 Å². The molecule has 1 rings (SSSR count). The van der Waals surface area contributed by atoms with E-state index in [1.165, 1.54) is 11.3 Å². The normalized spacial score (nSPS) is 10.5. The molecular weight excluding hydrogens is 210 g/mol. The third kappa shape index (κ3) is 3.36. The van der Waals surface area contributed by atoms with Gasteiger partial charge in [0.2, 0.25) is 5.91 Å². The first-order chi connectivity index (χ1) is 6.38. The van der Waals surface area contributed by atoms with Crippen LogP contribution >= 0.6 is 11.3 Å². The third-order valence-corrected chi connectivity index (χ3v) is 3.17. The largest absolute Gasteiger partial charge is 0.366 e. The lowest BCUT2D eigenvalue weighted by molar-refractivity contribution is 0.100. The SMILES string of the molecule is C[Si](C)(C)C#Cc1cc(C(N)=O)cs1. The molecule has 0 aromatic carbocycles. The summed E-state index contributed by atoms with van der Waals surface area (Å²) in [5.74, 6) is 2.70. The molecular formula is C10H13NOSSi. The van der Waals surface area contributed by atoms with Crippen LogP contribution in [0.1, 0.15) is 15.2 Å². The number of carbonyl (C=O) groups is 1. The number of thiophene rings is 1. The molecule has 4 heteroatoms. The van der Waals surface area contributed by atoms with E-state index in [1.54, 1.807) is 11.4 Å². The van der Waals surface area contributed by atoms with Crippen molar-refractivity contribution < 1.29 is 4.79 Å². The molecule has 1 heterocycles. The van der Waals surface area contributed by atoms with Crippen molar-refractivity contribution in [2.45, 2.75) is 19.6 Å². The van der Waals surface area contributed by atoms with E-state index < -0.39 is 8.07 Å². The molecule has 0 atom stereocenters. The highest BCUT2D eigenvalue weighted by atomic mass is 32.1. The van der Waals surface area contributed by atoms with Crippen LogP contribution in [-0.4, -0.2) is 14.0 Å². The summed E-state index contributed by atoms with van der Waals surface area (Å²) >= 11 is 1.47. The number of amides is 1. The van der Waals surface area contributed by atoms with Gasteiger partial charge in [0.25, 0.3) is 0 Å². The monoisotopic (exact) mass is 223 g/mol. The Hall–Kier alpha value is -1.05. The zero-order valence-corrected chi connectivity index (χ0v) is 10.4. The maximum atomic E-state index is 10.8. The van der Waals surface area contributed by atoms with E-state index >= 15 is 0 Å². The predicted octanol–water partition coefficient (Wildman–Crippen LogP) is 2.08. The molecule has 1 aromatic heterocycles. The first-order valence-electron chi connectivity index (χ1n) is 4.30. The van der Waals surface area contributed by atoms with Crippen LogP contribution < -0.4 is 5.73 Å². The van der Waals surface area contributed by atoms with E-state index in [4.69, 9.17) is 5.73 Å². The zero-order chi connectivity index (χ0) is 10.8. The van der Waals surface area contributed by atoms with E-state index in [0.717, 1.165) is 4.88 Å². The number of primary amides is 1. The van der Waals surface area contributed by atoms with E-state index in [0.29, 0.717) is 5.56 Å². The lowest BCUT2D eigenvalue weighted by Crippen LogP contribution is -2.16. The van der Waals surface area contributed by atoms with Crippen LogP contribution in [0.2, 0.25) is 19.6 Å². The average molecular weight is 223 g/mol. The molecule has 0 saturated carbocycles. The fourth-order valence-electron chi connectivity index (χ4n) is 0.780. The molecule has 2 nitrogen and oxygen atoms in total. The Morgan fingerprint density at radius 2 is 2.14 bits per heavy atom. The number of nitrogens with two attached hydrogens (primary N) is 1. The minimum atomic E-state index is -1.33. The van der Waals surface area contributed by atoms with Crippen molar-refractivity contribution in [1.82, 2.24) is 0 Å². The van der Waals surface area contributed by atoms with E-state index in [1.807, 2.05) is 0 Å². The molecule has 0 aliphatic carbocycles. The van der Waals surface area contributed by atoms with Gasteiger partial charge in [0.05, 0.1) is 10.4 Å². The lowest BCUT2D eigenvalue weighted by atomic mass is 10.3. The van der Waals surface area contributed by atoms with Crippen molar-refractivity contribution in [3.8, 4) is 11.5 Å². The van der Waals surface area contributed by atoms with E-state index in [9.17, 15) is 4.79 Å². The number of hydrogen-bond acceptors (Lipinski definition) is 2. The molecule has 1 aromatic rings. The average Bonchev–Trinajstić information content (AvgIpc) is 2.47. The molecule has 0 radical (unpaired) electrons. The Labute approximate surface area is 89.1 Å². The van der Waals surface area contributed by atoms with Gasteiger partial charge in [-0.2, -0.15) is 0 Å². The Morgan fingerprint density at radius 1 is 1.50 bits per heavy atom. The second-order valence-electron chi connectivity index (χ2n) is 4.06. The summed E-state index contributed by atoms with van der Waals surface area (Å²) < 4.78 is 0. The summed E-state index contributed by atoms with van der Waals surface area (Å²) in [5.41, 5.74) is 8.93. The van der Waals surface area contributed by atoms with Crippen LogP contribution in [0.25, 0.3) is 0 Å². The van der Waals surface area contributed by atoms with Crippen molar-refractivity contribution >= 4 is 25.3 Å². The molecule has 0 aliphatic heterocycles. The van der Waals surface area contributed by atoms with Gasteiger partial charge in [-0.05, 0) is 6.07 Å². The molecule has 1 amide bonds. The molecule has 2 N–H and O–H groups in total. The second kappa shape index (κ2) is 3.99. The van der Waals surface area contributed by atoms with Gasteiger partial charge in [0, 0.05) is 5.38 Å². The maximum absolute atomic E-state index is 10.8. The topological polar surface area (TPSA) is 43.1 Å². The molecule has 0 bridgehead atoms. The molecule has 0 fully saturated rings. The Morgan fingerprint density at radius 3 is 2.57 bits per heavy atom. The first-order valence-corrected chi connectivity index (χ1v) is 8.68. The molecule has 0 unspecified atom stereocenters. The molecule has 74 valence electrons. The van der Waals surface area contributed by atoms with Crippen molar-refractivity contribution in [2.75, 3.05) is 0 Å². The van der Waals surface area contributed by atoms with Gasteiger partial charge < -0.3 is 5.73 Å². The van der Waals surface area contributed by atoms with Crippen LogP contribution in [-0.2, 0) is 0 Å². The summed E-state index contributed by atoms with van der Waals surface area (Å²) in [7, 11) is -1.33. The van der Waals surface area contributed by atoms with Crippen LogP contribution in [0.4, 0.5) is 0 Å². The van der Waals surface area contributed by atoms with Crippen LogP contribution in [0.15, 0.2) is 11.4 Å². The summed E-state index contributed by atoms with van der Waals surface area (Å²) in [6.07, 6.45) is 0. The third-order valence-electron chi connectivity index (χ3n) is 1.44. The van der Waals surface area contributed by atoms with Gasteiger partial charge in [-0.3, -0.25) is 4.79 Å². The predicted molar refractivity (Wildman–Crippen MR) is 63.1 cm³/mol. The van der Waals surface area contributed by atoms with Crippen LogP contribution in [0.3, 0.4) is 0 Å². The summed E-state index contributed by atoms with van der Waals surface area (Å²) in [4.78, 5) is 11.7. The maximum Gasteiger partial charge on any atom is 0.249 e. The molecule has 0 saturated heterocycles. The van der Waals surface area contributed by atoms with Gasteiger partial charge >= 0.3 is 0 Å². The van der Waals surface area contributed by atoms with E-state index in [2.05, 4.69) is 31.1 Å². The van der Waals surface area contributed by atoms with Crippen LogP contribution in [0.5, 0.6) is 0 Å². The standard InChI is InChI=1S/C10H13NOSSi/c1-14(2,3)5-4-9-6-8(7-13-9)10(11)12/h6-7H,1-3H3,(H2,11,12). The first kappa shape index (κ1) is 11.0. The fraction of sp³-hybridized carbons (Fsp3) is 0.300. The van der Waals surface area contributed by atoms with Crippen molar-refractivity contribution in [2.24, 2.45) is 5.73 Å². The highest BCUT2D eigenvalue weighted by Gasteiger charge is 2.08. The molecule has 0 aliphatic rings. The Bertz CT molecular complexity index is 406. The number of carbonyl (C=O) groups excluding carboxylic acids is 1. The summed E-state index contributed by atoms with van der Waals surface area (Å²) in [6.45, 7) is 6.55. The number of hydrogen-bond donors (Lipinski definition) is 1. The highest BCUT2D eigenvalue weighted by Crippen LogP contribution is 2.13. The number of rotatable bonds is 1. The van der Waals surface area contributed by atoms with Crippen LogP contribution in [0, 0.1) is 11.5 Å². The van der Waals surface area contributed by atoms with Gasteiger partial charge in [0.1, 0.15) is 8.07 Å². The second-order valence-corrected chi connectivity index (χ2v) is 9.73. The van der Waals surface area contributed by atoms with Crippen molar-refractivity contribution in [3.05, 3.63) is 21.9 Å². The Kier molecular flexibility index (Phi) is 3.14. The van der Waals surface area contributed by atoms with Gasteiger partial charge in [-0.15, -0.1) is 16.9 Å². The smallest absolute Gasteiger partial charge is 0.249 e. The Balaban J connectivity index is 2.87. The van der Waals surface area contributed by atoms with E-state index in [-0.39, 0.29) is 5.91 Å². The molecule has 14 heavy (non-hydrogen) atoms. The van der Waals surface area contributed by atoms with Gasteiger partial charge in [-0.25, -0.2) is 0 Å². The lowest BCUT2D eigenvalue weighted by Gasteiger charge is -2.02. The van der Waals surface area contributed by atoms with Crippen molar-refractivity contribution in [1.29, 1.82) is 0 Å². The summed E-state index contributed by atoms with van der Waals surface area (Å²) in [5, 5.41) is 1.75. The molecule has 0 spiro atoms. The minimum absolute atomic E-state index is 0.387. The summed E-state index contributed by atoms with van der Waals surface area (Å²) in [6, 6.07) is 1.75.